The Morgan fingerprint density at radius 2 is 2.29 bits per heavy atom. The zero-order chi connectivity index (χ0) is 12.0. The molecule has 1 unspecified atom stereocenters. The van der Waals surface area contributed by atoms with Gasteiger partial charge in [0.1, 0.15) is 11.3 Å². The highest BCUT2D eigenvalue weighted by molar-refractivity contribution is 6.33. The number of rotatable bonds is 1. The summed E-state index contributed by atoms with van der Waals surface area (Å²) in [4.78, 5) is 8.10. The second-order valence-corrected chi connectivity index (χ2v) is 4.51. The van der Waals surface area contributed by atoms with Gasteiger partial charge in [-0.15, -0.1) is 0 Å². The minimum atomic E-state index is 0.172. The number of nitrogen functional groups attached to an aromatic ring is 1. The van der Waals surface area contributed by atoms with Crippen LogP contribution >= 0.6 is 11.6 Å². The predicted molar refractivity (Wildman–Crippen MR) is 64.0 cm³/mol. The summed E-state index contributed by atoms with van der Waals surface area (Å²) in [5.74, 6) is 1.10. The molecule has 0 amide bonds. The van der Waals surface area contributed by atoms with E-state index in [2.05, 4.69) is 9.97 Å². The van der Waals surface area contributed by atoms with Crippen LogP contribution in [0.5, 0.6) is 0 Å². The van der Waals surface area contributed by atoms with Gasteiger partial charge in [0.25, 0.3) is 0 Å². The monoisotopic (exact) mass is 253 g/mol. The second-order valence-electron chi connectivity index (χ2n) is 4.15. The van der Waals surface area contributed by atoms with Crippen molar-refractivity contribution in [1.82, 2.24) is 9.97 Å². The summed E-state index contributed by atoms with van der Waals surface area (Å²) in [7, 11) is 1.72. The fourth-order valence-corrected chi connectivity index (χ4v) is 2.50. The van der Waals surface area contributed by atoms with E-state index < -0.39 is 0 Å². The van der Waals surface area contributed by atoms with Crippen molar-refractivity contribution < 1.29 is 9.15 Å². The lowest BCUT2D eigenvalue weighted by Gasteiger charge is -2.19. The van der Waals surface area contributed by atoms with Crippen molar-refractivity contribution in [2.45, 2.75) is 25.4 Å². The molecule has 0 spiro atoms. The van der Waals surface area contributed by atoms with E-state index >= 15 is 0 Å². The van der Waals surface area contributed by atoms with Gasteiger partial charge in [0, 0.05) is 25.5 Å². The molecular weight excluding hydrogens is 242 g/mol. The number of hydrogen-bond acceptors (Lipinski definition) is 5. The van der Waals surface area contributed by atoms with Gasteiger partial charge in [-0.25, -0.2) is 4.98 Å². The molecule has 2 N–H and O–H groups in total. The van der Waals surface area contributed by atoms with Crippen molar-refractivity contribution in [1.29, 1.82) is 0 Å². The van der Waals surface area contributed by atoms with Crippen LogP contribution in [0.4, 0.5) is 5.95 Å². The molecule has 0 saturated heterocycles. The molecular formula is C11H12ClN3O2. The lowest BCUT2D eigenvalue weighted by Crippen LogP contribution is -2.20. The molecule has 0 aliphatic heterocycles. The Hall–Kier alpha value is -1.33. The lowest BCUT2D eigenvalue weighted by molar-refractivity contribution is 0.0889. The van der Waals surface area contributed by atoms with Crippen LogP contribution in [-0.2, 0) is 17.6 Å². The Bertz CT molecular complexity index is 582. The first-order valence-corrected chi connectivity index (χ1v) is 5.83. The van der Waals surface area contributed by atoms with Crippen LogP contribution in [0.25, 0.3) is 11.1 Å². The van der Waals surface area contributed by atoms with Gasteiger partial charge < -0.3 is 14.9 Å². The molecule has 0 aromatic carbocycles. The van der Waals surface area contributed by atoms with E-state index in [1.165, 1.54) is 0 Å². The van der Waals surface area contributed by atoms with Gasteiger partial charge in [0.15, 0.2) is 10.7 Å². The smallest absolute Gasteiger partial charge is 0.222 e. The van der Waals surface area contributed by atoms with Gasteiger partial charge in [-0.1, -0.05) is 11.6 Å². The quantitative estimate of drug-likeness (QED) is 0.787. The van der Waals surface area contributed by atoms with Crippen LogP contribution < -0.4 is 5.73 Å². The first-order valence-electron chi connectivity index (χ1n) is 5.45. The number of halogens is 1. The van der Waals surface area contributed by atoms with Crippen LogP contribution in [0, 0.1) is 0 Å². The summed E-state index contributed by atoms with van der Waals surface area (Å²) >= 11 is 6.00. The number of nitrogens with zero attached hydrogens (tertiary/aromatic N) is 2. The first kappa shape index (κ1) is 10.8. The van der Waals surface area contributed by atoms with Crippen molar-refractivity contribution in [3.63, 3.8) is 0 Å². The number of methoxy groups -OCH3 is 1. The summed E-state index contributed by atoms with van der Waals surface area (Å²) in [6, 6.07) is 0. The lowest BCUT2D eigenvalue weighted by atomic mass is 9.95. The summed E-state index contributed by atoms with van der Waals surface area (Å²) in [6.07, 6.45) is 2.77. The molecule has 0 saturated carbocycles. The average molecular weight is 254 g/mol. The van der Waals surface area contributed by atoms with E-state index in [-0.39, 0.29) is 17.2 Å². The van der Waals surface area contributed by atoms with Crippen LogP contribution in [-0.4, -0.2) is 23.2 Å². The standard InChI is InChI=1S/C11H12ClN3O2/c1-16-5-2-3-7-6(4-5)8-9(17-7)10(12)15-11(13)14-8/h5H,2-4H2,1H3,(H2,13,14,15). The van der Waals surface area contributed by atoms with E-state index in [4.69, 9.17) is 26.5 Å². The second kappa shape index (κ2) is 3.85. The van der Waals surface area contributed by atoms with Gasteiger partial charge in [-0.05, 0) is 6.42 Å². The van der Waals surface area contributed by atoms with Crippen LogP contribution in [0.3, 0.4) is 0 Å². The number of hydrogen-bond donors (Lipinski definition) is 1. The molecule has 2 heterocycles. The van der Waals surface area contributed by atoms with Crippen molar-refractivity contribution in [3.8, 4) is 0 Å². The van der Waals surface area contributed by atoms with Gasteiger partial charge in [0.2, 0.25) is 5.95 Å². The van der Waals surface area contributed by atoms with E-state index in [0.29, 0.717) is 5.58 Å². The molecule has 6 heteroatoms. The average Bonchev–Trinajstić information content (AvgIpc) is 2.67. The Labute approximate surface area is 103 Å². The van der Waals surface area contributed by atoms with E-state index in [1.54, 1.807) is 7.11 Å². The maximum Gasteiger partial charge on any atom is 0.222 e. The van der Waals surface area contributed by atoms with Gasteiger partial charge >= 0.3 is 0 Å². The number of anilines is 1. The third kappa shape index (κ3) is 1.66. The third-order valence-corrected chi connectivity index (χ3v) is 3.40. The summed E-state index contributed by atoms with van der Waals surface area (Å²) in [6.45, 7) is 0. The fourth-order valence-electron chi connectivity index (χ4n) is 2.29. The third-order valence-electron chi connectivity index (χ3n) is 3.15. The molecule has 5 nitrogen and oxygen atoms in total. The first-order chi connectivity index (χ1) is 8.19. The molecule has 1 aliphatic carbocycles. The molecule has 0 fully saturated rings. The molecule has 1 aliphatic rings. The van der Waals surface area contributed by atoms with Crippen molar-refractivity contribution in [2.24, 2.45) is 0 Å². The van der Waals surface area contributed by atoms with Crippen molar-refractivity contribution in [3.05, 3.63) is 16.5 Å². The highest BCUT2D eigenvalue weighted by atomic mass is 35.5. The van der Waals surface area contributed by atoms with Gasteiger partial charge in [-0.2, -0.15) is 4.98 Å². The number of fused-ring (bicyclic) bond motifs is 3. The fraction of sp³-hybridized carbons (Fsp3) is 0.455. The highest BCUT2D eigenvalue weighted by Gasteiger charge is 2.26. The highest BCUT2D eigenvalue weighted by Crippen LogP contribution is 2.34. The maximum absolute atomic E-state index is 6.00. The summed E-state index contributed by atoms with van der Waals surface area (Å²) in [5, 5.41) is 0.274. The number of furan rings is 1. The molecule has 2 aromatic rings. The SMILES string of the molecule is COC1CCc2oc3c(Cl)nc(N)nc3c2C1. The summed E-state index contributed by atoms with van der Waals surface area (Å²) < 4.78 is 11.1. The molecule has 2 aromatic heterocycles. The van der Waals surface area contributed by atoms with Gasteiger partial charge in [0.05, 0.1) is 6.10 Å². The molecule has 90 valence electrons. The minimum Gasteiger partial charge on any atom is -0.456 e. The van der Waals surface area contributed by atoms with Crippen LogP contribution in [0.1, 0.15) is 17.7 Å². The minimum absolute atomic E-state index is 0.172. The number of aromatic nitrogens is 2. The number of nitrogens with two attached hydrogens (primary N) is 1. The summed E-state index contributed by atoms with van der Waals surface area (Å²) in [5.41, 5.74) is 7.91. The zero-order valence-corrected chi connectivity index (χ0v) is 10.1. The molecule has 0 bridgehead atoms. The molecule has 0 radical (unpaired) electrons. The van der Waals surface area contributed by atoms with E-state index in [1.807, 2.05) is 0 Å². The Morgan fingerprint density at radius 3 is 3.06 bits per heavy atom. The number of aryl methyl sites for hydroxylation is 1. The predicted octanol–water partition coefficient (Wildman–Crippen LogP) is 1.96. The molecule has 17 heavy (non-hydrogen) atoms. The van der Waals surface area contributed by atoms with E-state index in [0.717, 1.165) is 36.1 Å². The normalized spacial score (nSPS) is 19.5. The Balaban J connectivity index is 2.20. The zero-order valence-electron chi connectivity index (χ0n) is 9.36. The largest absolute Gasteiger partial charge is 0.456 e. The molecule has 3 rings (SSSR count). The Kier molecular flexibility index (Phi) is 2.45. The molecule has 1 atom stereocenters. The van der Waals surface area contributed by atoms with Crippen LogP contribution in [0.15, 0.2) is 4.42 Å². The van der Waals surface area contributed by atoms with Crippen molar-refractivity contribution >= 4 is 28.6 Å². The number of ether oxygens (including phenoxy) is 1. The Morgan fingerprint density at radius 1 is 1.47 bits per heavy atom. The van der Waals surface area contributed by atoms with Gasteiger partial charge in [-0.3, -0.25) is 0 Å². The maximum atomic E-state index is 6.00. The topological polar surface area (TPSA) is 74.2 Å². The van der Waals surface area contributed by atoms with Crippen LogP contribution in [0.2, 0.25) is 5.15 Å². The van der Waals surface area contributed by atoms with Crippen molar-refractivity contribution in [2.75, 3.05) is 12.8 Å². The van der Waals surface area contributed by atoms with E-state index in [9.17, 15) is 0 Å².